The molecule has 0 spiro atoms. The van der Waals surface area contributed by atoms with Crippen LogP contribution in [-0.2, 0) is 16.0 Å². The molecule has 1 aromatic carbocycles. The lowest BCUT2D eigenvalue weighted by Gasteiger charge is -2.38. The summed E-state index contributed by atoms with van der Waals surface area (Å²) in [6, 6.07) is 3.63. The van der Waals surface area contributed by atoms with Crippen LogP contribution >= 0.6 is 0 Å². The second kappa shape index (κ2) is 8.03. The maximum absolute atomic E-state index is 15.5. The van der Waals surface area contributed by atoms with Crippen LogP contribution in [0, 0.1) is 23.6 Å². The number of nitrogens with one attached hydrogen (secondary N) is 2. The molecule has 0 aromatic heterocycles. The Morgan fingerprint density at radius 2 is 1.97 bits per heavy atom. The second-order valence-corrected chi connectivity index (χ2v) is 8.79. The highest BCUT2D eigenvalue weighted by Crippen LogP contribution is 2.41. The summed E-state index contributed by atoms with van der Waals surface area (Å²) in [5, 5.41) is 0. The van der Waals surface area contributed by atoms with Crippen molar-refractivity contribution in [2.45, 2.75) is 45.6 Å². The lowest BCUT2D eigenvalue weighted by atomic mass is 9.74. The zero-order valence-electron chi connectivity index (χ0n) is 17.5. The van der Waals surface area contributed by atoms with Gasteiger partial charge < -0.3 is 9.80 Å². The summed E-state index contributed by atoms with van der Waals surface area (Å²) in [7, 11) is 1.72. The first-order valence-corrected chi connectivity index (χ1v) is 10.7. The Hall–Kier alpha value is -1.99. The van der Waals surface area contributed by atoms with E-state index in [0.29, 0.717) is 41.5 Å². The minimum atomic E-state index is -0.174. The molecule has 3 heterocycles. The summed E-state index contributed by atoms with van der Waals surface area (Å²) >= 11 is 0. The van der Waals surface area contributed by atoms with Gasteiger partial charge in [0, 0.05) is 56.8 Å². The molecule has 2 amide bonds. The average Bonchev–Trinajstić information content (AvgIpc) is 3.20. The Bertz CT molecular complexity index is 806. The van der Waals surface area contributed by atoms with E-state index in [4.69, 9.17) is 0 Å². The standard InChI is InChI=1S/C22H31FN4O2/c1-13(15-8-10-27(11-9-15)14(2)28)18-12-24-25-22(18)17-4-6-19-16(21(17)23)5-7-20(29)26(19)3/h4,6,13,15,18,22,24-25H,5,7-12H2,1-3H3/t13-,18?,22?/m0/s1. The number of likely N-dealkylation sites (tertiary alicyclic amines) is 1. The molecule has 0 aliphatic carbocycles. The van der Waals surface area contributed by atoms with Crippen LogP contribution in [0.15, 0.2) is 12.1 Å². The molecule has 4 rings (SSSR count). The molecule has 3 atom stereocenters. The number of hydrazine groups is 1. The van der Waals surface area contributed by atoms with Gasteiger partial charge in [-0.2, -0.15) is 0 Å². The molecule has 6 nitrogen and oxygen atoms in total. The SMILES string of the molecule is CC(=O)N1CCC([C@H](C)C2CNNC2c2ccc3c(c2F)CCC(=O)N3C)CC1. The van der Waals surface area contributed by atoms with E-state index in [-0.39, 0.29) is 29.6 Å². The molecule has 0 bridgehead atoms. The molecule has 2 N–H and O–H groups in total. The molecule has 2 saturated heterocycles. The Morgan fingerprint density at radius 3 is 2.66 bits per heavy atom. The zero-order valence-corrected chi connectivity index (χ0v) is 17.5. The van der Waals surface area contributed by atoms with Gasteiger partial charge in [0.25, 0.3) is 0 Å². The fourth-order valence-corrected chi connectivity index (χ4v) is 5.35. The lowest BCUT2D eigenvalue weighted by Crippen LogP contribution is -2.40. The normalized spacial score (nSPS) is 26.6. The molecule has 7 heteroatoms. The van der Waals surface area contributed by atoms with Gasteiger partial charge in [0.15, 0.2) is 0 Å². The Morgan fingerprint density at radius 1 is 1.24 bits per heavy atom. The fourth-order valence-electron chi connectivity index (χ4n) is 5.35. The van der Waals surface area contributed by atoms with Crippen LogP contribution in [0.1, 0.15) is 50.3 Å². The van der Waals surface area contributed by atoms with Crippen molar-refractivity contribution in [2.75, 3.05) is 31.6 Å². The first kappa shape index (κ1) is 20.3. The van der Waals surface area contributed by atoms with Gasteiger partial charge in [0.05, 0.1) is 6.04 Å². The highest BCUT2D eigenvalue weighted by molar-refractivity contribution is 5.96. The van der Waals surface area contributed by atoms with E-state index in [1.807, 2.05) is 17.0 Å². The molecule has 0 radical (unpaired) electrons. The van der Waals surface area contributed by atoms with Crippen molar-refractivity contribution in [3.05, 3.63) is 29.1 Å². The molecular weight excluding hydrogens is 371 g/mol. The van der Waals surface area contributed by atoms with Crippen LogP contribution in [0.4, 0.5) is 10.1 Å². The van der Waals surface area contributed by atoms with Crippen LogP contribution in [0.5, 0.6) is 0 Å². The Kier molecular flexibility index (Phi) is 5.62. The summed E-state index contributed by atoms with van der Waals surface area (Å²) in [5.74, 6) is 1.23. The predicted molar refractivity (Wildman–Crippen MR) is 110 cm³/mol. The third-order valence-corrected chi connectivity index (χ3v) is 7.34. The van der Waals surface area contributed by atoms with Gasteiger partial charge in [-0.1, -0.05) is 13.0 Å². The number of nitrogens with zero attached hydrogens (tertiary/aromatic N) is 2. The third kappa shape index (κ3) is 3.66. The minimum Gasteiger partial charge on any atom is -0.343 e. The van der Waals surface area contributed by atoms with E-state index < -0.39 is 0 Å². The maximum atomic E-state index is 15.5. The average molecular weight is 403 g/mol. The second-order valence-electron chi connectivity index (χ2n) is 8.79. The van der Waals surface area contributed by atoms with E-state index in [2.05, 4.69) is 17.8 Å². The predicted octanol–water partition coefficient (Wildman–Crippen LogP) is 2.39. The zero-order chi connectivity index (χ0) is 20.7. The van der Waals surface area contributed by atoms with Gasteiger partial charge in [-0.3, -0.25) is 15.0 Å². The first-order valence-electron chi connectivity index (χ1n) is 10.7. The summed E-state index contributed by atoms with van der Waals surface area (Å²) in [6.45, 7) is 6.33. The molecular formula is C22H31FN4O2. The highest BCUT2D eigenvalue weighted by Gasteiger charge is 2.39. The van der Waals surface area contributed by atoms with E-state index in [1.165, 1.54) is 0 Å². The molecule has 2 fully saturated rings. The maximum Gasteiger partial charge on any atom is 0.227 e. The molecule has 3 aliphatic heterocycles. The van der Waals surface area contributed by atoms with Gasteiger partial charge in [-0.25, -0.2) is 9.82 Å². The van der Waals surface area contributed by atoms with Crippen molar-refractivity contribution >= 4 is 17.5 Å². The summed E-state index contributed by atoms with van der Waals surface area (Å²) in [4.78, 5) is 27.0. The Balaban J connectivity index is 1.53. The minimum absolute atomic E-state index is 0.0358. The third-order valence-electron chi connectivity index (χ3n) is 7.34. The van der Waals surface area contributed by atoms with Crippen LogP contribution < -0.4 is 15.8 Å². The Labute approximate surface area is 171 Å². The number of benzene rings is 1. The number of halogens is 1. The van der Waals surface area contributed by atoms with Crippen molar-refractivity contribution in [1.82, 2.24) is 15.8 Å². The topological polar surface area (TPSA) is 64.7 Å². The number of hydrogen-bond acceptors (Lipinski definition) is 4. The number of anilines is 1. The summed E-state index contributed by atoms with van der Waals surface area (Å²) in [5.41, 5.74) is 8.58. The van der Waals surface area contributed by atoms with Gasteiger partial charge in [-0.05, 0) is 43.1 Å². The number of carbonyl (C=O) groups is 2. The smallest absolute Gasteiger partial charge is 0.227 e. The van der Waals surface area contributed by atoms with E-state index in [1.54, 1.807) is 18.9 Å². The molecule has 158 valence electrons. The van der Waals surface area contributed by atoms with E-state index >= 15 is 4.39 Å². The molecule has 2 unspecified atom stereocenters. The van der Waals surface area contributed by atoms with Crippen LogP contribution in [-0.4, -0.2) is 43.4 Å². The summed E-state index contributed by atoms with van der Waals surface area (Å²) < 4.78 is 15.5. The number of hydrogen-bond donors (Lipinski definition) is 2. The van der Waals surface area contributed by atoms with E-state index in [0.717, 1.165) is 32.5 Å². The molecule has 0 saturated carbocycles. The highest BCUT2D eigenvalue weighted by atomic mass is 19.1. The first-order chi connectivity index (χ1) is 13.9. The summed E-state index contributed by atoms with van der Waals surface area (Å²) in [6.07, 6.45) is 2.82. The molecule has 3 aliphatic rings. The number of fused-ring (bicyclic) bond motifs is 1. The van der Waals surface area contributed by atoms with E-state index in [9.17, 15) is 9.59 Å². The van der Waals surface area contributed by atoms with Gasteiger partial charge in [-0.15, -0.1) is 0 Å². The van der Waals surface area contributed by atoms with Crippen molar-refractivity contribution < 1.29 is 14.0 Å². The van der Waals surface area contributed by atoms with Gasteiger partial charge in [0.2, 0.25) is 11.8 Å². The lowest BCUT2D eigenvalue weighted by molar-refractivity contribution is -0.130. The molecule has 29 heavy (non-hydrogen) atoms. The van der Waals surface area contributed by atoms with Crippen LogP contribution in [0.2, 0.25) is 0 Å². The van der Waals surface area contributed by atoms with Crippen LogP contribution in [0.25, 0.3) is 0 Å². The largest absolute Gasteiger partial charge is 0.343 e. The number of amides is 2. The molecule has 1 aromatic rings. The van der Waals surface area contributed by atoms with Crippen LogP contribution in [0.3, 0.4) is 0 Å². The number of piperidine rings is 1. The van der Waals surface area contributed by atoms with Gasteiger partial charge >= 0.3 is 0 Å². The monoisotopic (exact) mass is 402 g/mol. The van der Waals surface area contributed by atoms with Crippen molar-refractivity contribution in [1.29, 1.82) is 0 Å². The number of carbonyl (C=O) groups excluding carboxylic acids is 2. The number of rotatable bonds is 3. The van der Waals surface area contributed by atoms with Crippen molar-refractivity contribution in [3.8, 4) is 0 Å². The fraction of sp³-hybridized carbons (Fsp3) is 0.636. The van der Waals surface area contributed by atoms with Crippen molar-refractivity contribution in [3.63, 3.8) is 0 Å². The van der Waals surface area contributed by atoms with Gasteiger partial charge in [0.1, 0.15) is 5.82 Å². The quantitative estimate of drug-likeness (QED) is 0.815. The van der Waals surface area contributed by atoms with Crippen molar-refractivity contribution in [2.24, 2.45) is 17.8 Å².